The zero-order valence-electron chi connectivity index (χ0n) is 16.2. The third-order valence-corrected chi connectivity index (χ3v) is 5.31. The highest BCUT2D eigenvalue weighted by molar-refractivity contribution is 6.03. The predicted molar refractivity (Wildman–Crippen MR) is 109 cm³/mol. The maximum atomic E-state index is 12.5. The van der Waals surface area contributed by atoms with E-state index >= 15 is 0 Å². The highest BCUT2D eigenvalue weighted by Gasteiger charge is 2.24. The van der Waals surface area contributed by atoms with Crippen LogP contribution in [-0.2, 0) is 16.0 Å². The third-order valence-electron chi connectivity index (χ3n) is 5.31. The van der Waals surface area contributed by atoms with E-state index in [2.05, 4.69) is 29.6 Å². The van der Waals surface area contributed by atoms with E-state index < -0.39 is 0 Å². The lowest BCUT2D eigenvalue weighted by molar-refractivity contribution is -0.135. The minimum atomic E-state index is -0.236. The summed E-state index contributed by atoms with van der Waals surface area (Å²) < 4.78 is 0. The van der Waals surface area contributed by atoms with Crippen molar-refractivity contribution in [2.75, 3.05) is 18.4 Å². The Morgan fingerprint density at radius 2 is 1.74 bits per heavy atom. The standard InChI is InChI=1S/C23H28N2O2/c1-17-8-9-18(2)21(14-17)24-22(26)16-23(27)25-12-10-20(11-13-25)15-19-6-4-3-5-7-19/h3-9,14,20H,10-13,15-16H2,1-2H3,(H,24,26). The predicted octanol–water partition coefficient (Wildman–Crippen LogP) is 4.11. The summed E-state index contributed by atoms with van der Waals surface area (Å²) in [6.45, 7) is 5.43. The van der Waals surface area contributed by atoms with Crippen molar-refractivity contribution in [2.45, 2.75) is 39.5 Å². The number of anilines is 1. The van der Waals surface area contributed by atoms with Gasteiger partial charge in [0, 0.05) is 18.8 Å². The van der Waals surface area contributed by atoms with Crippen molar-refractivity contribution in [1.82, 2.24) is 4.90 Å². The molecule has 27 heavy (non-hydrogen) atoms. The Kier molecular flexibility index (Phi) is 6.28. The van der Waals surface area contributed by atoms with Gasteiger partial charge in [-0.15, -0.1) is 0 Å². The molecule has 2 aromatic carbocycles. The zero-order chi connectivity index (χ0) is 19.2. The molecule has 1 aliphatic rings. The first-order valence-electron chi connectivity index (χ1n) is 9.70. The molecule has 2 aromatic rings. The zero-order valence-corrected chi connectivity index (χ0v) is 16.2. The molecule has 3 rings (SSSR count). The second-order valence-corrected chi connectivity index (χ2v) is 7.56. The molecule has 142 valence electrons. The minimum absolute atomic E-state index is 0.0732. The number of amides is 2. The average molecular weight is 364 g/mol. The van der Waals surface area contributed by atoms with Crippen LogP contribution in [0.4, 0.5) is 5.69 Å². The van der Waals surface area contributed by atoms with Crippen LogP contribution in [0.25, 0.3) is 0 Å². The molecule has 4 nitrogen and oxygen atoms in total. The van der Waals surface area contributed by atoms with Crippen molar-refractivity contribution in [3.05, 3.63) is 65.2 Å². The molecular weight excluding hydrogens is 336 g/mol. The van der Waals surface area contributed by atoms with E-state index in [1.54, 1.807) is 0 Å². The molecule has 0 aromatic heterocycles. The summed E-state index contributed by atoms with van der Waals surface area (Å²) in [4.78, 5) is 26.6. The summed E-state index contributed by atoms with van der Waals surface area (Å²) in [5.41, 5.74) is 4.23. The summed E-state index contributed by atoms with van der Waals surface area (Å²) in [7, 11) is 0. The van der Waals surface area contributed by atoms with Crippen LogP contribution in [0.2, 0.25) is 0 Å². The molecule has 1 fully saturated rings. The summed E-state index contributed by atoms with van der Waals surface area (Å²) in [6, 6.07) is 16.4. The van der Waals surface area contributed by atoms with Gasteiger partial charge in [0.15, 0.2) is 0 Å². The van der Waals surface area contributed by atoms with Gasteiger partial charge in [0.1, 0.15) is 6.42 Å². The van der Waals surface area contributed by atoms with Crippen molar-refractivity contribution in [1.29, 1.82) is 0 Å². The van der Waals surface area contributed by atoms with Crippen molar-refractivity contribution in [3.63, 3.8) is 0 Å². The molecule has 1 aliphatic heterocycles. The largest absolute Gasteiger partial charge is 0.342 e. The quantitative estimate of drug-likeness (QED) is 0.812. The molecule has 0 saturated carbocycles. The number of nitrogens with zero attached hydrogens (tertiary/aromatic N) is 1. The number of aryl methyl sites for hydroxylation is 2. The highest BCUT2D eigenvalue weighted by Crippen LogP contribution is 2.22. The van der Waals surface area contributed by atoms with Gasteiger partial charge in [-0.1, -0.05) is 42.5 Å². The maximum Gasteiger partial charge on any atom is 0.233 e. The van der Waals surface area contributed by atoms with Crippen molar-refractivity contribution >= 4 is 17.5 Å². The van der Waals surface area contributed by atoms with E-state index in [0.717, 1.165) is 49.2 Å². The molecule has 1 N–H and O–H groups in total. The van der Waals surface area contributed by atoms with Crippen LogP contribution in [0.1, 0.15) is 36.0 Å². The number of carbonyl (C=O) groups excluding carboxylic acids is 2. The molecular formula is C23H28N2O2. The first kappa shape index (κ1) is 19.2. The fourth-order valence-electron chi connectivity index (χ4n) is 3.65. The Hall–Kier alpha value is -2.62. The van der Waals surface area contributed by atoms with E-state index in [-0.39, 0.29) is 18.2 Å². The average Bonchev–Trinajstić information content (AvgIpc) is 2.66. The van der Waals surface area contributed by atoms with Gasteiger partial charge in [-0.25, -0.2) is 0 Å². The molecule has 0 unspecified atom stereocenters. The van der Waals surface area contributed by atoms with Gasteiger partial charge in [-0.2, -0.15) is 0 Å². The minimum Gasteiger partial charge on any atom is -0.342 e. The first-order valence-corrected chi connectivity index (χ1v) is 9.70. The summed E-state index contributed by atoms with van der Waals surface area (Å²) in [6.07, 6.45) is 2.98. The van der Waals surface area contributed by atoms with Gasteiger partial charge in [0.05, 0.1) is 0 Å². The van der Waals surface area contributed by atoms with Crippen LogP contribution in [0.15, 0.2) is 48.5 Å². The molecule has 4 heteroatoms. The normalized spacial score (nSPS) is 14.8. The summed E-state index contributed by atoms with van der Waals surface area (Å²) in [5.74, 6) is 0.302. The van der Waals surface area contributed by atoms with Gasteiger partial charge in [0.25, 0.3) is 0 Å². The number of piperidine rings is 1. The number of benzene rings is 2. The summed E-state index contributed by atoms with van der Waals surface area (Å²) >= 11 is 0. The Bertz CT molecular complexity index is 793. The molecule has 1 saturated heterocycles. The second kappa shape index (κ2) is 8.85. The Labute approximate surface area is 161 Å². The van der Waals surface area contributed by atoms with E-state index in [9.17, 15) is 9.59 Å². The Morgan fingerprint density at radius 3 is 2.44 bits per heavy atom. The molecule has 1 heterocycles. The second-order valence-electron chi connectivity index (χ2n) is 7.56. The monoisotopic (exact) mass is 364 g/mol. The van der Waals surface area contributed by atoms with Crippen molar-refractivity contribution < 1.29 is 9.59 Å². The van der Waals surface area contributed by atoms with Gasteiger partial charge < -0.3 is 10.2 Å². The molecule has 0 atom stereocenters. The van der Waals surface area contributed by atoms with Crippen LogP contribution in [0, 0.1) is 19.8 Å². The first-order chi connectivity index (χ1) is 13.0. The van der Waals surface area contributed by atoms with E-state index in [1.165, 1.54) is 5.56 Å². The van der Waals surface area contributed by atoms with Gasteiger partial charge in [0.2, 0.25) is 11.8 Å². The lowest BCUT2D eigenvalue weighted by atomic mass is 9.90. The van der Waals surface area contributed by atoms with Gasteiger partial charge in [-0.05, 0) is 61.8 Å². The van der Waals surface area contributed by atoms with Crippen LogP contribution in [0.3, 0.4) is 0 Å². The van der Waals surface area contributed by atoms with Gasteiger partial charge in [-0.3, -0.25) is 9.59 Å². The highest BCUT2D eigenvalue weighted by atomic mass is 16.2. The lowest BCUT2D eigenvalue weighted by Crippen LogP contribution is -2.40. The summed E-state index contributed by atoms with van der Waals surface area (Å²) in [5, 5.41) is 2.88. The van der Waals surface area contributed by atoms with Crippen LogP contribution < -0.4 is 5.32 Å². The number of likely N-dealkylation sites (tertiary alicyclic amines) is 1. The lowest BCUT2D eigenvalue weighted by Gasteiger charge is -2.32. The van der Waals surface area contributed by atoms with Crippen LogP contribution in [-0.4, -0.2) is 29.8 Å². The number of carbonyl (C=O) groups is 2. The fourth-order valence-corrected chi connectivity index (χ4v) is 3.65. The molecule has 0 spiro atoms. The topological polar surface area (TPSA) is 49.4 Å². The SMILES string of the molecule is Cc1ccc(C)c(NC(=O)CC(=O)N2CCC(Cc3ccccc3)CC2)c1. The number of rotatable bonds is 5. The third kappa shape index (κ3) is 5.43. The smallest absolute Gasteiger partial charge is 0.233 e. The van der Waals surface area contributed by atoms with Crippen molar-refractivity contribution in [3.8, 4) is 0 Å². The molecule has 0 bridgehead atoms. The number of hydrogen-bond donors (Lipinski definition) is 1. The maximum absolute atomic E-state index is 12.5. The fraction of sp³-hybridized carbons (Fsp3) is 0.391. The molecule has 2 amide bonds. The van der Waals surface area contributed by atoms with Gasteiger partial charge >= 0.3 is 0 Å². The Balaban J connectivity index is 1.46. The Morgan fingerprint density at radius 1 is 1.04 bits per heavy atom. The van der Waals surface area contributed by atoms with Crippen LogP contribution in [0.5, 0.6) is 0 Å². The number of nitrogens with one attached hydrogen (secondary N) is 1. The van der Waals surface area contributed by atoms with E-state index in [0.29, 0.717) is 5.92 Å². The van der Waals surface area contributed by atoms with E-state index in [4.69, 9.17) is 0 Å². The van der Waals surface area contributed by atoms with Crippen molar-refractivity contribution in [2.24, 2.45) is 5.92 Å². The molecule has 0 radical (unpaired) electrons. The molecule has 0 aliphatic carbocycles. The number of hydrogen-bond acceptors (Lipinski definition) is 2. The van der Waals surface area contributed by atoms with E-state index in [1.807, 2.05) is 43.0 Å². The van der Waals surface area contributed by atoms with Crippen LogP contribution >= 0.6 is 0 Å².